The molecule has 1 rings (SSSR count). The molecule has 2 N–H and O–H groups in total. The number of hydrogen-bond acceptors (Lipinski definition) is 3. The van der Waals surface area contributed by atoms with Crippen molar-refractivity contribution >= 4 is 11.3 Å². The predicted molar refractivity (Wildman–Crippen MR) is 46.8 cm³/mol. The average Bonchev–Trinajstić information content (AvgIpc) is 2.37. The van der Waals surface area contributed by atoms with Crippen LogP contribution in [0, 0.1) is 0 Å². The van der Waals surface area contributed by atoms with E-state index in [1.807, 2.05) is 0 Å². The van der Waals surface area contributed by atoms with E-state index in [1.165, 1.54) is 11.3 Å². The number of aromatic nitrogens is 1. The van der Waals surface area contributed by atoms with Crippen LogP contribution in [0.2, 0.25) is 0 Å². The van der Waals surface area contributed by atoms with E-state index in [4.69, 9.17) is 5.73 Å². The maximum atomic E-state index is 11.0. The number of nitrogens with two attached hydrogens (primary N) is 1. The third-order valence-electron chi connectivity index (χ3n) is 1.33. The van der Waals surface area contributed by atoms with E-state index in [1.54, 1.807) is 16.1 Å². The lowest BCUT2D eigenvalue weighted by Crippen LogP contribution is -2.16. The molecule has 0 saturated heterocycles. The Kier molecular flexibility index (Phi) is 2.62. The summed E-state index contributed by atoms with van der Waals surface area (Å²) >= 11 is 1.18. The van der Waals surface area contributed by atoms with E-state index in [0.717, 1.165) is 5.57 Å². The summed E-state index contributed by atoms with van der Waals surface area (Å²) < 4.78 is 1.60. The molecular formula is C7H10N2OS. The SMILES string of the molecule is C=C(CN)Cn1ccsc1=O. The monoisotopic (exact) mass is 170 g/mol. The molecule has 0 aromatic carbocycles. The summed E-state index contributed by atoms with van der Waals surface area (Å²) in [5.74, 6) is 0. The van der Waals surface area contributed by atoms with Gasteiger partial charge < -0.3 is 10.3 Å². The fourth-order valence-electron chi connectivity index (χ4n) is 0.713. The third-order valence-corrected chi connectivity index (χ3v) is 2.02. The highest BCUT2D eigenvalue weighted by atomic mass is 32.1. The Labute approximate surface area is 68.8 Å². The van der Waals surface area contributed by atoms with Crippen molar-refractivity contribution in [3.8, 4) is 0 Å². The standard InChI is InChI=1S/C7H10N2OS/c1-6(4-8)5-9-2-3-11-7(9)10/h2-3H,1,4-5,8H2. The van der Waals surface area contributed by atoms with Gasteiger partial charge >= 0.3 is 4.87 Å². The lowest BCUT2D eigenvalue weighted by molar-refractivity contribution is 0.757. The van der Waals surface area contributed by atoms with Gasteiger partial charge in [-0.2, -0.15) is 0 Å². The van der Waals surface area contributed by atoms with Gasteiger partial charge in [-0.25, -0.2) is 0 Å². The lowest BCUT2D eigenvalue weighted by Gasteiger charge is -2.00. The van der Waals surface area contributed by atoms with Crippen LogP contribution in [0.5, 0.6) is 0 Å². The molecule has 1 aromatic rings. The summed E-state index contributed by atoms with van der Waals surface area (Å²) in [4.78, 5) is 11.0. The van der Waals surface area contributed by atoms with Crippen LogP contribution in [0.15, 0.2) is 28.5 Å². The van der Waals surface area contributed by atoms with Crippen LogP contribution >= 0.6 is 11.3 Å². The van der Waals surface area contributed by atoms with Gasteiger partial charge in [0.05, 0.1) is 0 Å². The molecular weight excluding hydrogens is 160 g/mol. The summed E-state index contributed by atoms with van der Waals surface area (Å²) in [5.41, 5.74) is 6.19. The summed E-state index contributed by atoms with van der Waals surface area (Å²) in [6.45, 7) is 4.68. The Hall–Kier alpha value is -0.870. The number of thiazole rings is 1. The summed E-state index contributed by atoms with van der Waals surface area (Å²) in [7, 11) is 0. The Morgan fingerprint density at radius 3 is 3.00 bits per heavy atom. The first-order valence-corrected chi connectivity index (χ1v) is 4.12. The van der Waals surface area contributed by atoms with Crippen molar-refractivity contribution in [2.75, 3.05) is 6.54 Å². The molecule has 60 valence electrons. The molecule has 0 spiro atoms. The second kappa shape index (κ2) is 3.50. The number of hydrogen-bond donors (Lipinski definition) is 1. The zero-order valence-electron chi connectivity index (χ0n) is 6.12. The van der Waals surface area contributed by atoms with Crippen molar-refractivity contribution in [3.05, 3.63) is 33.4 Å². The quantitative estimate of drug-likeness (QED) is 0.668. The summed E-state index contributed by atoms with van der Waals surface area (Å²) in [5, 5.41) is 1.76. The Bertz CT molecular complexity index is 299. The highest BCUT2D eigenvalue weighted by Crippen LogP contribution is 1.94. The fraction of sp³-hybridized carbons (Fsp3) is 0.286. The lowest BCUT2D eigenvalue weighted by atomic mass is 10.3. The van der Waals surface area contributed by atoms with E-state index in [2.05, 4.69) is 6.58 Å². The summed E-state index contributed by atoms with van der Waals surface area (Å²) in [6, 6.07) is 0. The Balaban J connectivity index is 2.72. The minimum atomic E-state index is 0.0413. The van der Waals surface area contributed by atoms with E-state index in [-0.39, 0.29) is 4.87 Å². The molecule has 0 saturated carbocycles. The van der Waals surface area contributed by atoms with Crippen molar-refractivity contribution in [1.82, 2.24) is 4.57 Å². The summed E-state index contributed by atoms with van der Waals surface area (Å²) in [6.07, 6.45) is 1.74. The van der Waals surface area contributed by atoms with Crippen LogP contribution in [0.25, 0.3) is 0 Å². The molecule has 0 aliphatic rings. The van der Waals surface area contributed by atoms with Crippen LogP contribution in [0.3, 0.4) is 0 Å². The van der Waals surface area contributed by atoms with E-state index >= 15 is 0 Å². The van der Waals surface area contributed by atoms with Gasteiger partial charge in [0.1, 0.15) is 0 Å². The average molecular weight is 170 g/mol. The molecule has 0 atom stereocenters. The van der Waals surface area contributed by atoms with Crippen molar-refractivity contribution in [2.45, 2.75) is 6.54 Å². The van der Waals surface area contributed by atoms with Crippen molar-refractivity contribution < 1.29 is 0 Å². The highest BCUT2D eigenvalue weighted by Gasteiger charge is 1.96. The molecule has 1 heterocycles. The minimum Gasteiger partial charge on any atom is -0.327 e. The first-order chi connectivity index (χ1) is 5.24. The van der Waals surface area contributed by atoms with Crippen molar-refractivity contribution in [1.29, 1.82) is 0 Å². The minimum absolute atomic E-state index is 0.0413. The van der Waals surface area contributed by atoms with Gasteiger partial charge in [0.25, 0.3) is 0 Å². The van der Waals surface area contributed by atoms with Crippen molar-refractivity contribution in [3.63, 3.8) is 0 Å². The first-order valence-electron chi connectivity index (χ1n) is 3.24. The maximum absolute atomic E-state index is 11.0. The fourth-order valence-corrected chi connectivity index (χ4v) is 1.30. The second-order valence-corrected chi connectivity index (χ2v) is 3.11. The van der Waals surface area contributed by atoms with Gasteiger partial charge in [0, 0.05) is 24.7 Å². The molecule has 0 unspecified atom stereocenters. The second-order valence-electron chi connectivity index (χ2n) is 2.25. The maximum Gasteiger partial charge on any atom is 0.307 e. The van der Waals surface area contributed by atoms with Gasteiger partial charge in [-0.3, -0.25) is 4.79 Å². The van der Waals surface area contributed by atoms with Crippen LogP contribution in [-0.2, 0) is 6.54 Å². The van der Waals surface area contributed by atoms with Gasteiger partial charge in [-0.15, -0.1) is 0 Å². The molecule has 0 aliphatic carbocycles. The Morgan fingerprint density at radius 1 is 1.82 bits per heavy atom. The normalized spacial score (nSPS) is 9.91. The molecule has 11 heavy (non-hydrogen) atoms. The van der Waals surface area contributed by atoms with Gasteiger partial charge in [0.15, 0.2) is 0 Å². The highest BCUT2D eigenvalue weighted by molar-refractivity contribution is 7.07. The molecule has 0 fully saturated rings. The molecule has 4 heteroatoms. The Morgan fingerprint density at radius 2 is 2.55 bits per heavy atom. The molecule has 1 aromatic heterocycles. The molecule has 0 amide bonds. The van der Waals surface area contributed by atoms with Gasteiger partial charge in [0.2, 0.25) is 0 Å². The van der Waals surface area contributed by atoms with Crippen molar-refractivity contribution in [2.24, 2.45) is 5.73 Å². The zero-order chi connectivity index (χ0) is 8.27. The van der Waals surface area contributed by atoms with E-state index in [0.29, 0.717) is 13.1 Å². The van der Waals surface area contributed by atoms with Crippen LogP contribution in [0.4, 0.5) is 0 Å². The largest absolute Gasteiger partial charge is 0.327 e. The smallest absolute Gasteiger partial charge is 0.307 e. The topological polar surface area (TPSA) is 48.0 Å². The van der Waals surface area contributed by atoms with Crippen LogP contribution < -0.4 is 10.6 Å². The molecule has 0 radical (unpaired) electrons. The first kappa shape index (κ1) is 8.23. The molecule has 3 nitrogen and oxygen atoms in total. The van der Waals surface area contributed by atoms with E-state index < -0.39 is 0 Å². The zero-order valence-corrected chi connectivity index (χ0v) is 6.93. The van der Waals surface area contributed by atoms with Gasteiger partial charge in [-0.1, -0.05) is 17.9 Å². The molecule has 0 aliphatic heterocycles. The van der Waals surface area contributed by atoms with Gasteiger partial charge in [-0.05, 0) is 5.57 Å². The number of rotatable bonds is 3. The predicted octanol–water partition coefficient (Wildman–Crippen LogP) is 0.425. The van der Waals surface area contributed by atoms with Crippen LogP contribution in [-0.4, -0.2) is 11.1 Å². The third kappa shape index (κ3) is 2.03. The molecule has 0 bridgehead atoms. The van der Waals surface area contributed by atoms with E-state index in [9.17, 15) is 4.79 Å². The number of nitrogens with zero attached hydrogens (tertiary/aromatic N) is 1. The van der Waals surface area contributed by atoms with Crippen LogP contribution in [0.1, 0.15) is 0 Å².